The van der Waals surface area contributed by atoms with Crippen LogP contribution < -0.4 is 4.74 Å². The highest BCUT2D eigenvalue weighted by molar-refractivity contribution is 9.10. The first-order chi connectivity index (χ1) is 8.15. The van der Waals surface area contributed by atoms with Crippen molar-refractivity contribution in [2.24, 2.45) is 0 Å². The molecule has 0 spiro atoms. The second-order valence-electron chi connectivity index (χ2n) is 4.16. The average Bonchev–Trinajstić information content (AvgIpc) is 2.31. The average molecular weight is 291 g/mol. The van der Waals surface area contributed by atoms with Gasteiger partial charge in [0, 0.05) is 4.47 Å². The van der Waals surface area contributed by atoms with E-state index in [9.17, 15) is 0 Å². The SMILES string of the molecule is Cc1ccc(OCc2cccc(Br)c2)cc1C. The maximum absolute atomic E-state index is 5.76. The van der Waals surface area contributed by atoms with Crippen LogP contribution in [-0.2, 0) is 6.61 Å². The number of rotatable bonds is 3. The summed E-state index contributed by atoms with van der Waals surface area (Å²) >= 11 is 3.45. The summed E-state index contributed by atoms with van der Waals surface area (Å²) in [7, 11) is 0. The van der Waals surface area contributed by atoms with Crippen LogP contribution in [0.4, 0.5) is 0 Å². The normalized spacial score (nSPS) is 10.3. The van der Waals surface area contributed by atoms with Crippen LogP contribution in [0.15, 0.2) is 46.9 Å². The van der Waals surface area contributed by atoms with Gasteiger partial charge in [-0.1, -0.05) is 34.1 Å². The Labute approximate surface area is 111 Å². The van der Waals surface area contributed by atoms with E-state index in [2.05, 4.69) is 54.0 Å². The highest BCUT2D eigenvalue weighted by Crippen LogP contribution is 2.18. The predicted octanol–water partition coefficient (Wildman–Crippen LogP) is 4.64. The molecule has 0 heterocycles. The Hall–Kier alpha value is -1.28. The van der Waals surface area contributed by atoms with Crippen molar-refractivity contribution in [1.82, 2.24) is 0 Å². The van der Waals surface area contributed by atoms with Gasteiger partial charge in [-0.05, 0) is 54.8 Å². The monoisotopic (exact) mass is 290 g/mol. The van der Waals surface area contributed by atoms with Crippen molar-refractivity contribution < 1.29 is 4.74 Å². The van der Waals surface area contributed by atoms with Crippen molar-refractivity contribution >= 4 is 15.9 Å². The van der Waals surface area contributed by atoms with Gasteiger partial charge in [0.2, 0.25) is 0 Å². The first-order valence-corrected chi connectivity index (χ1v) is 6.39. The first kappa shape index (κ1) is 12.2. The van der Waals surface area contributed by atoms with Crippen molar-refractivity contribution in [3.05, 3.63) is 63.6 Å². The van der Waals surface area contributed by atoms with E-state index in [1.165, 1.54) is 11.1 Å². The lowest BCUT2D eigenvalue weighted by molar-refractivity contribution is 0.306. The molecule has 0 atom stereocenters. The molecule has 0 saturated heterocycles. The standard InChI is InChI=1S/C15H15BrO/c1-11-6-7-15(8-12(11)2)17-10-13-4-3-5-14(16)9-13/h3-9H,10H2,1-2H3. The molecule has 2 aromatic carbocycles. The molecular formula is C15H15BrO. The Kier molecular flexibility index (Phi) is 3.85. The molecule has 0 radical (unpaired) electrons. The summed E-state index contributed by atoms with van der Waals surface area (Å²) in [6.07, 6.45) is 0. The molecule has 2 heteroatoms. The minimum absolute atomic E-state index is 0.599. The molecule has 0 aromatic heterocycles. The zero-order valence-corrected chi connectivity index (χ0v) is 11.6. The Morgan fingerprint density at radius 1 is 1.00 bits per heavy atom. The van der Waals surface area contributed by atoms with Crippen molar-refractivity contribution in [1.29, 1.82) is 0 Å². The summed E-state index contributed by atoms with van der Waals surface area (Å²) in [5.74, 6) is 0.924. The molecule has 0 fully saturated rings. The van der Waals surface area contributed by atoms with Gasteiger partial charge >= 0.3 is 0 Å². The van der Waals surface area contributed by atoms with Crippen molar-refractivity contribution in [2.75, 3.05) is 0 Å². The highest BCUT2D eigenvalue weighted by Gasteiger charge is 1.99. The van der Waals surface area contributed by atoms with Crippen molar-refractivity contribution in [2.45, 2.75) is 20.5 Å². The van der Waals surface area contributed by atoms with Gasteiger partial charge in [0.15, 0.2) is 0 Å². The van der Waals surface area contributed by atoms with Gasteiger partial charge < -0.3 is 4.74 Å². The van der Waals surface area contributed by atoms with E-state index in [0.29, 0.717) is 6.61 Å². The highest BCUT2D eigenvalue weighted by atomic mass is 79.9. The fourth-order valence-corrected chi connectivity index (χ4v) is 2.04. The van der Waals surface area contributed by atoms with Gasteiger partial charge in [0.25, 0.3) is 0 Å². The Bertz CT molecular complexity index is 520. The number of aryl methyl sites for hydroxylation is 2. The fraction of sp³-hybridized carbons (Fsp3) is 0.200. The van der Waals surface area contributed by atoms with Crippen LogP contribution in [-0.4, -0.2) is 0 Å². The zero-order valence-electron chi connectivity index (χ0n) is 10.0. The molecule has 17 heavy (non-hydrogen) atoms. The molecule has 0 saturated carbocycles. The minimum Gasteiger partial charge on any atom is -0.489 e. The number of ether oxygens (including phenoxy) is 1. The smallest absolute Gasteiger partial charge is 0.120 e. The van der Waals surface area contributed by atoms with E-state index in [1.54, 1.807) is 0 Å². The van der Waals surface area contributed by atoms with Gasteiger partial charge in [-0.3, -0.25) is 0 Å². The summed E-state index contributed by atoms with van der Waals surface area (Å²) in [5.41, 5.74) is 3.72. The van der Waals surface area contributed by atoms with Crippen LogP contribution >= 0.6 is 15.9 Å². The molecule has 0 aliphatic carbocycles. The Balaban J connectivity index is 2.05. The molecule has 0 amide bonds. The summed E-state index contributed by atoms with van der Waals surface area (Å²) in [4.78, 5) is 0. The molecule has 0 N–H and O–H groups in total. The van der Waals surface area contributed by atoms with Crippen LogP contribution in [0.2, 0.25) is 0 Å². The van der Waals surface area contributed by atoms with Gasteiger partial charge in [0.05, 0.1) is 0 Å². The van der Waals surface area contributed by atoms with Gasteiger partial charge in [-0.2, -0.15) is 0 Å². The Morgan fingerprint density at radius 3 is 2.53 bits per heavy atom. The van der Waals surface area contributed by atoms with Crippen molar-refractivity contribution in [3.8, 4) is 5.75 Å². The lowest BCUT2D eigenvalue weighted by atomic mass is 10.1. The third kappa shape index (κ3) is 3.34. The maximum Gasteiger partial charge on any atom is 0.120 e. The van der Waals surface area contributed by atoms with Gasteiger partial charge in [0.1, 0.15) is 12.4 Å². The number of hydrogen-bond acceptors (Lipinski definition) is 1. The molecule has 0 aliphatic heterocycles. The second-order valence-corrected chi connectivity index (χ2v) is 5.08. The quantitative estimate of drug-likeness (QED) is 0.800. The van der Waals surface area contributed by atoms with Crippen LogP contribution in [0.3, 0.4) is 0 Å². The van der Waals surface area contributed by atoms with E-state index in [4.69, 9.17) is 4.74 Å². The topological polar surface area (TPSA) is 9.23 Å². The van der Waals surface area contributed by atoms with E-state index in [-0.39, 0.29) is 0 Å². The van der Waals surface area contributed by atoms with Gasteiger partial charge in [-0.15, -0.1) is 0 Å². The summed E-state index contributed by atoms with van der Waals surface area (Å²) in [6, 6.07) is 14.3. The lowest BCUT2D eigenvalue weighted by Crippen LogP contribution is -1.95. The third-order valence-corrected chi connectivity index (χ3v) is 3.27. The molecule has 2 aromatic rings. The van der Waals surface area contributed by atoms with E-state index < -0.39 is 0 Å². The number of benzene rings is 2. The minimum atomic E-state index is 0.599. The summed E-state index contributed by atoms with van der Waals surface area (Å²) < 4.78 is 6.84. The van der Waals surface area contributed by atoms with Gasteiger partial charge in [-0.25, -0.2) is 0 Å². The van der Waals surface area contributed by atoms with E-state index in [0.717, 1.165) is 15.8 Å². The van der Waals surface area contributed by atoms with E-state index in [1.807, 2.05) is 18.2 Å². The van der Waals surface area contributed by atoms with Crippen molar-refractivity contribution in [3.63, 3.8) is 0 Å². The van der Waals surface area contributed by atoms with E-state index >= 15 is 0 Å². The largest absolute Gasteiger partial charge is 0.489 e. The number of halogens is 1. The summed E-state index contributed by atoms with van der Waals surface area (Å²) in [6.45, 7) is 4.80. The lowest BCUT2D eigenvalue weighted by Gasteiger charge is -2.08. The van der Waals surface area contributed by atoms with Crippen LogP contribution in [0.5, 0.6) is 5.75 Å². The molecule has 0 bridgehead atoms. The first-order valence-electron chi connectivity index (χ1n) is 5.59. The zero-order chi connectivity index (χ0) is 12.3. The Morgan fingerprint density at radius 2 is 1.82 bits per heavy atom. The van der Waals surface area contributed by atoms with Crippen LogP contribution in [0, 0.1) is 13.8 Å². The molecular weight excluding hydrogens is 276 g/mol. The number of hydrogen-bond donors (Lipinski definition) is 0. The third-order valence-electron chi connectivity index (χ3n) is 2.77. The molecule has 88 valence electrons. The predicted molar refractivity (Wildman–Crippen MR) is 74.4 cm³/mol. The molecule has 1 nitrogen and oxygen atoms in total. The van der Waals surface area contributed by atoms with Crippen LogP contribution in [0.25, 0.3) is 0 Å². The fourth-order valence-electron chi connectivity index (χ4n) is 1.60. The maximum atomic E-state index is 5.76. The molecule has 0 unspecified atom stereocenters. The summed E-state index contributed by atoms with van der Waals surface area (Å²) in [5, 5.41) is 0. The van der Waals surface area contributed by atoms with Crippen LogP contribution in [0.1, 0.15) is 16.7 Å². The molecule has 2 rings (SSSR count). The second kappa shape index (κ2) is 5.37. The molecule has 0 aliphatic rings.